The maximum absolute atomic E-state index is 11.0. The van der Waals surface area contributed by atoms with E-state index in [1.54, 1.807) is 4.90 Å². The highest BCUT2D eigenvalue weighted by molar-refractivity contribution is 5.88. The van der Waals surface area contributed by atoms with Crippen molar-refractivity contribution in [3.8, 4) is 0 Å². The van der Waals surface area contributed by atoms with E-state index >= 15 is 0 Å². The normalized spacial score (nSPS) is 18.6. The van der Waals surface area contributed by atoms with Gasteiger partial charge in [-0.2, -0.15) is 0 Å². The molecule has 2 N–H and O–H groups in total. The lowest BCUT2D eigenvalue weighted by atomic mass is 10.1. The van der Waals surface area contributed by atoms with Crippen LogP contribution >= 0.6 is 0 Å². The van der Waals surface area contributed by atoms with E-state index in [1.165, 1.54) is 0 Å². The summed E-state index contributed by atoms with van der Waals surface area (Å²) >= 11 is 0. The highest BCUT2D eigenvalue weighted by atomic mass is 16.6. The van der Waals surface area contributed by atoms with Crippen molar-refractivity contribution in [3.63, 3.8) is 0 Å². The molecule has 1 fully saturated rings. The molecule has 8 heteroatoms. The number of carboxylic acid groups (broad SMARTS) is 1. The Morgan fingerprint density at radius 3 is 2.89 bits per heavy atom. The Labute approximate surface area is 108 Å². The molecule has 2 rings (SSSR count). The van der Waals surface area contributed by atoms with Crippen LogP contribution in [0.5, 0.6) is 0 Å². The molecule has 1 aromatic heterocycles. The first-order chi connectivity index (χ1) is 9.02. The second-order valence-electron chi connectivity index (χ2n) is 4.41. The van der Waals surface area contributed by atoms with E-state index in [9.17, 15) is 14.9 Å². The largest absolute Gasteiger partial charge is 0.478 e. The number of nitrogens with zero attached hydrogens (tertiary/aromatic N) is 3. The van der Waals surface area contributed by atoms with Crippen molar-refractivity contribution < 1.29 is 19.9 Å². The van der Waals surface area contributed by atoms with Gasteiger partial charge in [-0.15, -0.1) is 0 Å². The standard InChI is InChI=1S/C11H13N3O5/c15-6-7-1-2-13(5-7)10-9(14(18)19)3-8(4-12-10)11(16)17/h3-4,7,15H,1-2,5-6H2,(H,16,17). The predicted molar refractivity (Wildman–Crippen MR) is 65.3 cm³/mol. The van der Waals surface area contributed by atoms with Gasteiger partial charge in [0.05, 0.1) is 10.5 Å². The predicted octanol–water partition coefficient (Wildman–Crippen LogP) is 0.507. The van der Waals surface area contributed by atoms with Crippen LogP contribution in [-0.4, -0.2) is 45.8 Å². The van der Waals surface area contributed by atoms with Crippen LogP contribution in [0.2, 0.25) is 0 Å². The van der Waals surface area contributed by atoms with Gasteiger partial charge < -0.3 is 15.1 Å². The van der Waals surface area contributed by atoms with E-state index in [0.717, 1.165) is 18.7 Å². The Morgan fingerprint density at radius 1 is 1.63 bits per heavy atom. The minimum atomic E-state index is -1.25. The van der Waals surface area contributed by atoms with Gasteiger partial charge in [0.25, 0.3) is 0 Å². The number of nitro groups is 1. The fourth-order valence-corrected chi connectivity index (χ4v) is 2.11. The topological polar surface area (TPSA) is 117 Å². The summed E-state index contributed by atoms with van der Waals surface area (Å²) in [4.78, 5) is 26.8. The zero-order valence-electron chi connectivity index (χ0n) is 10.0. The molecule has 1 aliphatic rings. The molecule has 0 bridgehead atoms. The molecule has 1 saturated heterocycles. The van der Waals surface area contributed by atoms with E-state index in [-0.39, 0.29) is 29.6 Å². The molecule has 1 unspecified atom stereocenters. The first kappa shape index (κ1) is 13.2. The van der Waals surface area contributed by atoms with Crippen molar-refractivity contribution in [1.29, 1.82) is 0 Å². The molecular weight excluding hydrogens is 254 g/mol. The zero-order chi connectivity index (χ0) is 14.0. The second kappa shape index (κ2) is 5.19. The minimum Gasteiger partial charge on any atom is -0.478 e. The van der Waals surface area contributed by atoms with Crippen molar-refractivity contribution in [3.05, 3.63) is 27.9 Å². The first-order valence-electron chi connectivity index (χ1n) is 5.76. The molecule has 1 aliphatic heterocycles. The van der Waals surface area contributed by atoms with Gasteiger partial charge in [0.15, 0.2) is 0 Å². The molecule has 0 aromatic carbocycles. The summed E-state index contributed by atoms with van der Waals surface area (Å²) in [5.74, 6) is -1.02. The molecule has 1 atom stereocenters. The van der Waals surface area contributed by atoms with Gasteiger partial charge in [-0.3, -0.25) is 10.1 Å². The molecule has 0 spiro atoms. The number of rotatable bonds is 4. The van der Waals surface area contributed by atoms with E-state index in [1.807, 2.05) is 0 Å². The van der Waals surface area contributed by atoms with Gasteiger partial charge in [0, 0.05) is 37.9 Å². The lowest BCUT2D eigenvalue weighted by Gasteiger charge is -2.16. The third-order valence-electron chi connectivity index (χ3n) is 3.13. The second-order valence-corrected chi connectivity index (χ2v) is 4.41. The monoisotopic (exact) mass is 267 g/mol. The van der Waals surface area contributed by atoms with Gasteiger partial charge in [0.1, 0.15) is 0 Å². The number of pyridine rings is 1. The average molecular weight is 267 g/mol. The lowest BCUT2D eigenvalue weighted by molar-refractivity contribution is -0.384. The van der Waals surface area contributed by atoms with Crippen LogP contribution in [0.1, 0.15) is 16.8 Å². The molecule has 8 nitrogen and oxygen atoms in total. The maximum Gasteiger partial charge on any atom is 0.337 e. The molecule has 0 amide bonds. The molecule has 0 radical (unpaired) electrons. The average Bonchev–Trinajstić information content (AvgIpc) is 2.86. The number of hydrogen-bond acceptors (Lipinski definition) is 6. The molecule has 0 aliphatic carbocycles. The maximum atomic E-state index is 11.0. The van der Waals surface area contributed by atoms with Crippen molar-refractivity contribution in [1.82, 2.24) is 4.98 Å². The highest BCUT2D eigenvalue weighted by Crippen LogP contribution is 2.30. The number of aromatic carboxylic acids is 1. The number of carboxylic acids is 1. The molecule has 0 saturated carbocycles. The Morgan fingerprint density at radius 2 is 2.37 bits per heavy atom. The smallest absolute Gasteiger partial charge is 0.337 e. The summed E-state index contributed by atoms with van der Waals surface area (Å²) in [5.41, 5.74) is -0.535. The van der Waals surface area contributed by atoms with Crippen LogP contribution in [0.4, 0.5) is 11.5 Å². The van der Waals surface area contributed by atoms with Gasteiger partial charge in [-0.1, -0.05) is 0 Å². The number of aromatic nitrogens is 1. The molecular formula is C11H13N3O5. The number of anilines is 1. The van der Waals surface area contributed by atoms with Crippen LogP contribution in [0, 0.1) is 16.0 Å². The third kappa shape index (κ3) is 2.63. The van der Waals surface area contributed by atoms with Gasteiger partial charge in [-0.05, 0) is 6.42 Å². The summed E-state index contributed by atoms with van der Waals surface area (Å²) < 4.78 is 0. The first-order valence-corrected chi connectivity index (χ1v) is 5.76. The van der Waals surface area contributed by atoms with E-state index in [2.05, 4.69) is 4.98 Å². The Kier molecular flexibility index (Phi) is 3.61. The van der Waals surface area contributed by atoms with E-state index in [4.69, 9.17) is 10.2 Å². The van der Waals surface area contributed by atoms with Crippen molar-refractivity contribution in [2.45, 2.75) is 6.42 Å². The molecule has 102 valence electrons. The summed E-state index contributed by atoms with van der Waals surface area (Å²) in [6.07, 6.45) is 1.84. The van der Waals surface area contributed by atoms with Gasteiger partial charge >= 0.3 is 11.7 Å². The Balaban J connectivity index is 2.35. The fourth-order valence-electron chi connectivity index (χ4n) is 2.11. The van der Waals surface area contributed by atoms with Gasteiger partial charge in [0.2, 0.25) is 5.82 Å². The van der Waals surface area contributed by atoms with Crippen molar-refractivity contribution in [2.75, 3.05) is 24.6 Å². The minimum absolute atomic E-state index is 0.0253. The summed E-state index contributed by atoms with van der Waals surface area (Å²) in [6.45, 7) is 1.07. The lowest BCUT2D eigenvalue weighted by Crippen LogP contribution is -2.23. The Hall–Kier alpha value is -2.22. The fraction of sp³-hybridized carbons (Fsp3) is 0.455. The SMILES string of the molecule is O=C(O)c1cnc(N2CCC(CO)C2)c([N+](=O)[O-])c1. The third-order valence-corrected chi connectivity index (χ3v) is 3.13. The van der Waals surface area contributed by atoms with Crippen LogP contribution in [-0.2, 0) is 0 Å². The number of aliphatic hydroxyl groups is 1. The van der Waals surface area contributed by atoms with Crippen LogP contribution in [0.3, 0.4) is 0 Å². The number of hydrogen-bond donors (Lipinski definition) is 2. The summed E-state index contributed by atoms with van der Waals surface area (Å²) in [6, 6.07) is 1.01. The Bertz CT molecular complexity index is 519. The zero-order valence-corrected chi connectivity index (χ0v) is 10.0. The van der Waals surface area contributed by atoms with E-state index in [0.29, 0.717) is 13.1 Å². The van der Waals surface area contributed by atoms with Crippen molar-refractivity contribution in [2.24, 2.45) is 5.92 Å². The molecule has 2 heterocycles. The van der Waals surface area contributed by atoms with Gasteiger partial charge in [-0.25, -0.2) is 9.78 Å². The van der Waals surface area contributed by atoms with Crippen LogP contribution in [0.25, 0.3) is 0 Å². The van der Waals surface area contributed by atoms with Crippen molar-refractivity contribution >= 4 is 17.5 Å². The highest BCUT2D eigenvalue weighted by Gasteiger charge is 2.29. The number of aliphatic hydroxyl groups excluding tert-OH is 1. The quantitative estimate of drug-likeness (QED) is 0.602. The summed E-state index contributed by atoms with van der Waals surface area (Å²) in [7, 11) is 0. The van der Waals surface area contributed by atoms with Crippen LogP contribution in [0.15, 0.2) is 12.3 Å². The molecule has 1 aromatic rings. The molecule has 19 heavy (non-hydrogen) atoms. The summed E-state index contributed by atoms with van der Waals surface area (Å²) in [5, 5.41) is 28.9. The van der Waals surface area contributed by atoms with Crippen LogP contribution < -0.4 is 4.90 Å². The van der Waals surface area contributed by atoms with E-state index < -0.39 is 10.9 Å². The number of carbonyl (C=O) groups is 1.